The van der Waals surface area contributed by atoms with E-state index in [4.69, 9.17) is 5.11 Å². The minimum atomic E-state index is -0.206. The summed E-state index contributed by atoms with van der Waals surface area (Å²) in [5, 5.41) is 14.9. The van der Waals surface area contributed by atoms with Gasteiger partial charge < -0.3 is 15.0 Å². The van der Waals surface area contributed by atoms with E-state index in [2.05, 4.69) is 10.3 Å². The highest BCUT2D eigenvalue weighted by Gasteiger charge is 2.16. The number of thiazole rings is 1. The first-order valence-corrected chi connectivity index (χ1v) is 7.43. The molecule has 0 aliphatic carbocycles. The van der Waals surface area contributed by atoms with Gasteiger partial charge in [-0.1, -0.05) is 6.92 Å². The van der Waals surface area contributed by atoms with Crippen molar-refractivity contribution in [1.82, 2.24) is 14.9 Å². The van der Waals surface area contributed by atoms with E-state index >= 15 is 0 Å². The second-order valence-corrected chi connectivity index (χ2v) is 5.80. The zero-order chi connectivity index (χ0) is 14.7. The predicted molar refractivity (Wildman–Crippen MR) is 79.9 cm³/mol. The van der Waals surface area contributed by atoms with Crippen molar-refractivity contribution in [2.24, 2.45) is 7.05 Å². The van der Waals surface area contributed by atoms with Gasteiger partial charge >= 0.3 is 0 Å². The highest BCUT2D eigenvalue weighted by atomic mass is 32.1. The predicted octanol–water partition coefficient (Wildman–Crippen LogP) is 1.96. The number of aliphatic hydroxyl groups excluding tert-OH is 1. The van der Waals surface area contributed by atoms with Crippen LogP contribution >= 0.6 is 11.3 Å². The SMILES string of the molecule is CC[C@H](CO)NC(=O)c1cc(-c2csc(C)n2)cn1C. The van der Waals surface area contributed by atoms with Gasteiger partial charge in [-0.15, -0.1) is 11.3 Å². The lowest BCUT2D eigenvalue weighted by molar-refractivity contribution is 0.0906. The van der Waals surface area contributed by atoms with Crippen LogP contribution in [0.15, 0.2) is 17.6 Å². The number of amides is 1. The zero-order valence-electron chi connectivity index (χ0n) is 11.9. The highest BCUT2D eigenvalue weighted by molar-refractivity contribution is 7.09. The lowest BCUT2D eigenvalue weighted by Gasteiger charge is -2.13. The second kappa shape index (κ2) is 6.19. The van der Waals surface area contributed by atoms with Gasteiger partial charge in [0.25, 0.3) is 5.91 Å². The minimum absolute atomic E-state index is 0.0508. The van der Waals surface area contributed by atoms with Crippen LogP contribution in [0.1, 0.15) is 28.8 Å². The summed E-state index contributed by atoms with van der Waals surface area (Å²) in [5.74, 6) is -0.174. The van der Waals surface area contributed by atoms with Crippen molar-refractivity contribution < 1.29 is 9.90 Å². The molecule has 0 aliphatic heterocycles. The lowest BCUT2D eigenvalue weighted by Crippen LogP contribution is -2.37. The van der Waals surface area contributed by atoms with Crippen molar-refractivity contribution in [3.8, 4) is 11.3 Å². The van der Waals surface area contributed by atoms with Crippen molar-refractivity contribution in [3.05, 3.63) is 28.3 Å². The van der Waals surface area contributed by atoms with Gasteiger partial charge in [-0.05, 0) is 19.4 Å². The number of carbonyl (C=O) groups excluding carboxylic acids is 1. The number of rotatable bonds is 5. The van der Waals surface area contributed by atoms with E-state index in [0.29, 0.717) is 12.1 Å². The molecule has 0 saturated carbocycles. The second-order valence-electron chi connectivity index (χ2n) is 4.74. The molecule has 20 heavy (non-hydrogen) atoms. The lowest BCUT2D eigenvalue weighted by atomic mass is 10.2. The molecule has 0 aliphatic rings. The monoisotopic (exact) mass is 293 g/mol. The van der Waals surface area contributed by atoms with E-state index in [1.54, 1.807) is 15.9 Å². The summed E-state index contributed by atoms with van der Waals surface area (Å²) in [6.45, 7) is 3.83. The summed E-state index contributed by atoms with van der Waals surface area (Å²) in [6.07, 6.45) is 2.59. The Morgan fingerprint density at radius 3 is 2.90 bits per heavy atom. The van der Waals surface area contributed by atoms with Gasteiger partial charge in [0.05, 0.1) is 23.4 Å². The average Bonchev–Trinajstić information content (AvgIpc) is 3.01. The topological polar surface area (TPSA) is 67.2 Å². The number of nitrogens with zero attached hydrogens (tertiary/aromatic N) is 2. The third-order valence-corrected chi connectivity index (χ3v) is 3.97. The number of aliphatic hydroxyl groups is 1. The van der Waals surface area contributed by atoms with Gasteiger partial charge in [0.15, 0.2) is 0 Å². The maximum absolute atomic E-state index is 12.2. The van der Waals surface area contributed by atoms with Crippen LogP contribution in [-0.4, -0.2) is 33.2 Å². The Balaban J connectivity index is 2.21. The number of hydrogen-bond donors (Lipinski definition) is 2. The first-order valence-electron chi connectivity index (χ1n) is 6.55. The Bertz CT molecular complexity index is 599. The molecular weight excluding hydrogens is 274 g/mol. The molecule has 0 saturated heterocycles. The molecule has 2 N–H and O–H groups in total. The van der Waals surface area contributed by atoms with Crippen LogP contribution < -0.4 is 5.32 Å². The first-order chi connectivity index (χ1) is 9.55. The summed E-state index contributed by atoms with van der Waals surface area (Å²) in [6, 6.07) is 1.62. The molecule has 5 nitrogen and oxygen atoms in total. The normalized spacial score (nSPS) is 12.4. The molecule has 1 amide bonds. The van der Waals surface area contributed by atoms with Crippen molar-refractivity contribution in [3.63, 3.8) is 0 Å². The van der Waals surface area contributed by atoms with Crippen LogP contribution in [-0.2, 0) is 7.05 Å². The van der Waals surface area contributed by atoms with Crippen LogP contribution in [0.2, 0.25) is 0 Å². The number of aryl methyl sites for hydroxylation is 2. The van der Waals surface area contributed by atoms with Crippen molar-refractivity contribution in [2.75, 3.05) is 6.61 Å². The van der Waals surface area contributed by atoms with Gasteiger partial charge in [-0.3, -0.25) is 4.79 Å². The third kappa shape index (κ3) is 3.08. The van der Waals surface area contributed by atoms with E-state index < -0.39 is 0 Å². The molecule has 2 rings (SSSR count). The molecule has 0 spiro atoms. The average molecular weight is 293 g/mol. The Morgan fingerprint density at radius 2 is 2.35 bits per heavy atom. The molecule has 108 valence electrons. The van der Waals surface area contributed by atoms with Gasteiger partial charge in [-0.2, -0.15) is 0 Å². The van der Waals surface area contributed by atoms with Gasteiger partial charge in [0, 0.05) is 24.2 Å². The van der Waals surface area contributed by atoms with E-state index in [9.17, 15) is 4.79 Å². The quantitative estimate of drug-likeness (QED) is 0.885. The largest absolute Gasteiger partial charge is 0.394 e. The standard InChI is InChI=1S/C14H19N3O2S/c1-4-11(7-18)16-14(19)13-5-10(6-17(13)3)12-8-20-9(2)15-12/h5-6,8,11,18H,4,7H2,1-3H3,(H,16,19)/t11-/m1/s1. The number of aromatic nitrogens is 2. The zero-order valence-corrected chi connectivity index (χ0v) is 12.7. The van der Waals surface area contributed by atoms with Crippen LogP contribution in [0.3, 0.4) is 0 Å². The van der Waals surface area contributed by atoms with E-state index in [1.165, 1.54) is 0 Å². The van der Waals surface area contributed by atoms with Gasteiger partial charge in [0.2, 0.25) is 0 Å². The fraction of sp³-hybridized carbons (Fsp3) is 0.429. The Labute approximate surface area is 122 Å². The molecule has 2 aromatic heterocycles. The molecule has 0 fully saturated rings. The number of nitrogens with one attached hydrogen (secondary N) is 1. The molecule has 0 unspecified atom stereocenters. The molecule has 2 aromatic rings. The van der Waals surface area contributed by atoms with E-state index in [-0.39, 0.29) is 18.6 Å². The summed E-state index contributed by atoms with van der Waals surface area (Å²) >= 11 is 1.59. The molecule has 2 heterocycles. The van der Waals surface area contributed by atoms with E-state index in [1.807, 2.05) is 38.5 Å². The van der Waals surface area contributed by atoms with Crippen molar-refractivity contribution in [1.29, 1.82) is 0 Å². The third-order valence-electron chi connectivity index (χ3n) is 3.20. The highest BCUT2D eigenvalue weighted by Crippen LogP contribution is 2.23. The molecule has 0 aromatic carbocycles. The molecular formula is C14H19N3O2S. The summed E-state index contributed by atoms with van der Waals surface area (Å²) in [7, 11) is 1.83. The molecule has 6 heteroatoms. The smallest absolute Gasteiger partial charge is 0.268 e. The fourth-order valence-electron chi connectivity index (χ4n) is 1.96. The molecule has 1 atom stereocenters. The van der Waals surface area contributed by atoms with E-state index in [0.717, 1.165) is 16.3 Å². The number of hydrogen-bond acceptors (Lipinski definition) is 4. The first kappa shape index (κ1) is 14.7. The number of carbonyl (C=O) groups is 1. The van der Waals surface area contributed by atoms with Crippen LogP contribution in [0.5, 0.6) is 0 Å². The summed E-state index contributed by atoms with van der Waals surface area (Å²) in [5.41, 5.74) is 2.38. The fourth-order valence-corrected chi connectivity index (χ4v) is 2.58. The maximum Gasteiger partial charge on any atom is 0.268 e. The summed E-state index contributed by atoms with van der Waals surface area (Å²) in [4.78, 5) is 16.6. The molecule has 0 radical (unpaired) electrons. The van der Waals surface area contributed by atoms with Crippen molar-refractivity contribution in [2.45, 2.75) is 26.3 Å². The van der Waals surface area contributed by atoms with Crippen LogP contribution in [0.25, 0.3) is 11.3 Å². The van der Waals surface area contributed by atoms with Crippen LogP contribution in [0, 0.1) is 6.92 Å². The molecule has 0 bridgehead atoms. The van der Waals surface area contributed by atoms with Gasteiger partial charge in [-0.25, -0.2) is 4.98 Å². The maximum atomic E-state index is 12.2. The Hall–Kier alpha value is -1.66. The van der Waals surface area contributed by atoms with Gasteiger partial charge in [0.1, 0.15) is 5.69 Å². The summed E-state index contributed by atoms with van der Waals surface area (Å²) < 4.78 is 1.78. The Kier molecular flexibility index (Phi) is 4.57. The van der Waals surface area contributed by atoms with Crippen LogP contribution in [0.4, 0.5) is 0 Å². The van der Waals surface area contributed by atoms with Crippen molar-refractivity contribution >= 4 is 17.2 Å². The Morgan fingerprint density at radius 1 is 1.60 bits per heavy atom. The minimum Gasteiger partial charge on any atom is -0.394 e.